The van der Waals surface area contributed by atoms with Crippen molar-refractivity contribution in [3.8, 4) is 0 Å². The summed E-state index contributed by atoms with van der Waals surface area (Å²) < 4.78 is 9.06. The summed E-state index contributed by atoms with van der Waals surface area (Å²) >= 11 is 0. The summed E-state index contributed by atoms with van der Waals surface area (Å²) in [6.45, 7) is 1.86. The molecule has 3 aromatic rings. The molecule has 0 saturated heterocycles. The lowest BCUT2D eigenvalue weighted by molar-refractivity contribution is -0.132. The number of hydrogen-bond acceptors (Lipinski definition) is 6. The van der Waals surface area contributed by atoms with E-state index in [1.54, 1.807) is 18.1 Å². The number of amides is 1. The van der Waals surface area contributed by atoms with Gasteiger partial charge in [0.15, 0.2) is 0 Å². The average molecular weight is 397 g/mol. The molecule has 1 amide bonds. The Labute approximate surface area is 169 Å². The lowest BCUT2D eigenvalue weighted by atomic mass is 9.81. The van der Waals surface area contributed by atoms with E-state index in [2.05, 4.69) is 31.5 Å². The number of para-hydroxylation sites is 2. The highest BCUT2D eigenvalue weighted by Gasteiger charge is 2.42. The summed E-state index contributed by atoms with van der Waals surface area (Å²) in [5.41, 5.74) is 1.36. The number of imidazole rings is 1. The van der Waals surface area contributed by atoms with Crippen LogP contribution in [0.5, 0.6) is 0 Å². The number of rotatable bonds is 8. The number of tetrazole rings is 1. The first kappa shape index (κ1) is 19.5. The van der Waals surface area contributed by atoms with Crippen molar-refractivity contribution in [3.63, 3.8) is 0 Å². The maximum absolute atomic E-state index is 13.2. The van der Waals surface area contributed by atoms with E-state index in [0.717, 1.165) is 55.5 Å². The third kappa shape index (κ3) is 3.87. The van der Waals surface area contributed by atoms with Crippen LogP contribution in [0.4, 0.5) is 0 Å². The summed E-state index contributed by atoms with van der Waals surface area (Å²) in [4.78, 5) is 17.9. The Hall–Kier alpha value is -2.81. The summed E-state index contributed by atoms with van der Waals surface area (Å²) in [5, 5.41) is 14.6. The summed E-state index contributed by atoms with van der Waals surface area (Å²) in [7, 11) is 1.70. The van der Waals surface area contributed by atoms with Crippen LogP contribution < -0.4 is 5.32 Å². The Morgan fingerprint density at radius 2 is 2.07 bits per heavy atom. The number of aromatic nitrogens is 6. The maximum Gasteiger partial charge on any atom is 0.248 e. The van der Waals surface area contributed by atoms with Gasteiger partial charge in [0, 0.05) is 26.6 Å². The fourth-order valence-electron chi connectivity index (χ4n) is 4.25. The number of ether oxygens (including phenoxy) is 1. The van der Waals surface area contributed by atoms with Gasteiger partial charge in [0.2, 0.25) is 5.91 Å². The highest BCUT2D eigenvalue weighted by molar-refractivity contribution is 5.84. The van der Waals surface area contributed by atoms with Crippen molar-refractivity contribution in [2.45, 2.75) is 50.6 Å². The number of nitrogens with one attached hydrogen (secondary N) is 1. The molecule has 0 bridgehead atoms. The molecule has 1 N–H and O–H groups in total. The summed E-state index contributed by atoms with van der Waals surface area (Å²) in [6, 6.07) is 8.07. The quantitative estimate of drug-likeness (QED) is 0.621. The van der Waals surface area contributed by atoms with Crippen LogP contribution in [0.3, 0.4) is 0 Å². The number of hydrogen-bond donors (Lipinski definition) is 1. The minimum Gasteiger partial charge on any atom is -0.383 e. The van der Waals surface area contributed by atoms with Gasteiger partial charge in [-0.25, -0.2) is 9.67 Å². The fraction of sp³-hybridized carbons (Fsp3) is 0.550. The first-order valence-electron chi connectivity index (χ1n) is 10.2. The van der Waals surface area contributed by atoms with E-state index in [1.807, 2.05) is 18.2 Å². The zero-order valence-electron chi connectivity index (χ0n) is 16.8. The van der Waals surface area contributed by atoms with Gasteiger partial charge in [-0.2, -0.15) is 0 Å². The third-order valence-electron chi connectivity index (χ3n) is 5.78. The number of carbonyl (C=O) groups excluding carboxylic acids is 1. The second kappa shape index (κ2) is 8.69. The second-order valence-corrected chi connectivity index (χ2v) is 7.51. The van der Waals surface area contributed by atoms with Crippen LogP contribution in [-0.2, 0) is 28.0 Å². The predicted octanol–water partition coefficient (Wildman–Crippen LogP) is 1.69. The van der Waals surface area contributed by atoms with Crippen LogP contribution >= 0.6 is 0 Å². The monoisotopic (exact) mass is 397 g/mol. The molecular weight excluding hydrogens is 370 g/mol. The van der Waals surface area contributed by atoms with Crippen molar-refractivity contribution < 1.29 is 9.53 Å². The molecule has 0 aliphatic heterocycles. The standard InChI is InChI=1S/C20H27N7O2/c1-29-14-13-26-17-8-4-3-7-16(17)23-18(26)9-12-21-19(28)20(10-5-2-6-11-20)27-15-22-24-25-27/h3-4,7-8,15H,2,5-6,9-14H2,1H3,(H,21,28). The second-order valence-electron chi connectivity index (χ2n) is 7.51. The molecule has 4 rings (SSSR count). The first-order chi connectivity index (χ1) is 14.2. The van der Waals surface area contributed by atoms with Gasteiger partial charge in [-0.3, -0.25) is 4.79 Å². The molecular formula is C20H27N7O2. The Kier molecular flexibility index (Phi) is 5.84. The van der Waals surface area contributed by atoms with E-state index in [0.29, 0.717) is 19.6 Å². The fourth-order valence-corrected chi connectivity index (χ4v) is 4.25. The van der Waals surface area contributed by atoms with Gasteiger partial charge >= 0.3 is 0 Å². The topological polar surface area (TPSA) is 99.8 Å². The maximum atomic E-state index is 13.2. The smallest absolute Gasteiger partial charge is 0.248 e. The van der Waals surface area contributed by atoms with Crippen LogP contribution in [0, 0.1) is 0 Å². The number of nitrogens with zero attached hydrogens (tertiary/aromatic N) is 6. The van der Waals surface area contributed by atoms with Gasteiger partial charge in [0.1, 0.15) is 17.7 Å². The minimum absolute atomic E-state index is 0.0101. The number of carbonyl (C=O) groups is 1. The van der Waals surface area contributed by atoms with E-state index in [1.165, 1.54) is 0 Å². The largest absolute Gasteiger partial charge is 0.383 e. The van der Waals surface area contributed by atoms with Crippen molar-refractivity contribution in [3.05, 3.63) is 36.4 Å². The Bertz CT molecular complexity index is 945. The van der Waals surface area contributed by atoms with E-state index in [4.69, 9.17) is 9.72 Å². The predicted molar refractivity (Wildman–Crippen MR) is 107 cm³/mol. The van der Waals surface area contributed by atoms with Crippen molar-refractivity contribution in [1.29, 1.82) is 0 Å². The Balaban J connectivity index is 1.47. The first-order valence-corrected chi connectivity index (χ1v) is 10.2. The molecule has 9 heteroatoms. The molecule has 0 spiro atoms. The molecule has 1 saturated carbocycles. The lowest BCUT2D eigenvalue weighted by Gasteiger charge is -2.35. The zero-order valence-corrected chi connectivity index (χ0v) is 16.8. The molecule has 9 nitrogen and oxygen atoms in total. The molecule has 0 unspecified atom stereocenters. The van der Waals surface area contributed by atoms with E-state index in [9.17, 15) is 4.79 Å². The SMILES string of the molecule is COCCn1c(CCNC(=O)C2(n3cnnn3)CCCCC2)nc2ccccc21. The highest BCUT2D eigenvalue weighted by atomic mass is 16.5. The number of fused-ring (bicyclic) bond motifs is 1. The normalized spacial score (nSPS) is 16.2. The molecule has 0 radical (unpaired) electrons. The molecule has 29 heavy (non-hydrogen) atoms. The molecule has 154 valence electrons. The minimum atomic E-state index is -0.683. The van der Waals surface area contributed by atoms with Crippen molar-refractivity contribution in [2.24, 2.45) is 0 Å². The Morgan fingerprint density at radius 1 is 1.24 bits per heavy atom. The molecule has 2 aromatic heterocycles. The van der Waals surface area contributed by atoms with Gasteiger partial charge < -0.3 is 14.6 Å². The van der Waals surface area contributed by atoms with Gasteiger partial charge in [-0.1, -0.05) is 31.4 Å². The van der Waals surface area contributed by atoms with E-state index >= 15 is 0 Å². The molecule has 1 aliphatic rings. The van der Waals surface area contributed by atoms with Gasteiger partial charge in [-0.15, -0.1) is 5.10 Å². The van der Waals surface area contributed by atoms with Crippen molar-refractivity contribution in [2.75, 3.05) is 20.3 Å². The highest BCUT2D eigenvalue weighted by Crippen LogP contribution is 2.34. The molecule has 1 aromatic carbocycles. The molecule has 2 heterocycles. The zero-order chi connectivity index (χ0) is 20.1. The third-order valence-corrected chi connectivity index (χ3v) is 5.78. The van der Waals surface area contributed by atoms with E-state index < -0.39 is 5.54 Å². The van der Waals surface area contributed by atoms with Crippen LogP contribution in [0.25, 0.3) is 11.0 Å². The molecule has 1 fully saturated rings. The number of methoxy groups -OCH3 is 1. The molecule has 0 atom stereocenters. The van der Waals surface area contributed by atoms with Crippen LogP contribution in [-0.4, -0.2) is 55.9 Å². The van der Waals surface area contributed by atoms with Crippen LogP contribution in [0.15, 0.2) is 30.6 Å². The van der Waals surface area contributed by atoms with Crippen molar-refractivity contribution >= 4 is 16.9 Å². The van der Waals surface area contributed by atoms with Crippen LogP contribution in [0.1, 0.15) is 37.9 Å². The summed E-state index contributed by atoms with van der Waals surface area (Å²) in [5.74, 6) is 0.938. The number of benzene rings is 1. The van der Waals surface area contributed by atoms with Gasteiger partial charge in [0.05, 0.1) is 17.6 Å². The van der Waals surface area contributed by atoms with Gasteiger partial charge in [0.25, 0.3) is 0 Å². The summed E-state index contributed by atoms with van der Waals surface area (Å²) in [6.07, 6.45) is 6.86. The molecule has 1 aliphatic carbocycles. The van der Waals surface area contributed by atoms with Crippen LogP contribution in [0.2, 0.25) is 0 Å². The van der Waals surface area contributed by atoms with E-state index in [-0.39, 0.29) is 5.91 Å². The lowest BCUT2D eigenvalue weighted by Crippen LogP contribution is -2.50. The van der Waals surface area contributed by atoms with Crippen molar-refractivity contribution in [1.82, 2.24) is 35.1 Å². The average Bonchev–Trinajstić information content (AvgIpc) is 3.41. The Morgan fingerprint density at radius 3 is 2.83 bits per heavy atom. The van der Waals surface area contributed by atoms with Gasteiger partial charge in [-0.05, 0) is 35.4 Å².